The molecule has 1 spiro atoms. The van der Waals surface area contributed by atoms with Crippen LogP contribution in [0.1, 0.15) is 46.3 Å². The van der Waals surface area contributed by atoms with Crippen LogP contribution in [0.15, 0.2) is 41.1 Å². The molecule has 0 aliphatic carbocycles. The number of benzene rings is 1. The average Bonchev–Trinajstić information content (AvgIpc) is 3.48. The van der Waals surface area contributed by atoms with Crippen LogP contribution >= 0.6 is 11.3 Å². The fourth-order valence-electron chi connectivity index (χ4n) is 4.65. The fourth-order valence-corrected chi connectivity index (χ4v) is 5.28. The number of hydrogen-bond donors (Lipinski definition) is 1. The number of piperidine rings is 1. The second kappa shape index (κ2) is 9.91. The van der Waals surface area contributed by atoms with Gasteiger partial charge in [-0.25, -0.2) is 0 Å². The van der Waals surface area contributed by atoms with Gasteiger partial charge in [-0.1, -0.05) is 6.07 Å². The van der Waals surface area contributed by atoms with Gasteiger partial charge in [0.1, 0.15) is 0 Å². The molecule has 2 aromatic rings. The van der Waals surface area contributed by atoms with E-state index in [9.17, 15) is 14.4 Å². The molecule has 4 rings (SSSR count). The van der Waals surface area contributed by atoms with Crippen molar-refractivity contribution in [3.63, 3.8) is 0 Å². The van der Waals surface area contributed by atoms with Crippen LogP contribution in [0.3, 0.4) is 0 Å². The topological polar surface area (TPSA) is 69.7 Å². The number of thiophene rings is 1. The number of carbonyl (C=O) groups is 3. The van der Waals surface area contributed by atoms with Crippen LogP contribution in [-0.2, 0) is 9.59 Å². The highest BCUT2D eigenvalue weighted by Gasteiger charge is 2.42. The Morgan fingerprint density at radius 2 is 1.76 bits per heavy atom. The molecule has 1 aromatic carbocycles. The van der Waals surface area contributed by atoms with Crippen LogP contribution in [0.4, 0.5) is 0 Å². The summed E-state index contributed by atoms with van der Waals surface area (Å²) in [5, 5.41) is 6.79. The predicted octanol–water partition coefficient (Wildman–Crippen LogP) is 3.65. The summed E-state index contributed by atoms with van der Waals surface area (Å²) in [7, 11) is 0. The smallest absolute Gasteiger partial charge is 0.251 e. The van der Waals surface area contributed by atoms with E-state index in [1.165, 1.54) is 0 Å². The van der Waals surface area contributed by atoms with E-state index in [1.807, 2.05) is 58.7 Å². The molecule has 2 fully saturated rings. The second-order valence-electron chi connectivity index (χ2n) is 9.26. The second-order valence-corrected chi connectivity index (χ2v) is 10.0. The first kappa shape index (κ1) is 23.2. The van der Waals surface area contributed by atoms with E-state index in [0.29, 0.717) is 18.7 Å². The van der Waals surface area contributed by atoms with E-state index in [-0.39, 0.29) is 29.7 Å². The van der Waals surface area contributed by atoms with Gasteiger partial charge in [0.2, 0.25) is 11.8 Å². The van der Waals surface area contributed by atoms with E-state index >= 15 is 0 Å². The van der Waals surface area contributed by atoms with Crippen LogP contribution in [0.25, 0.3) is 6.08 Å². The van der Waals surface area contributed by atoms with Crippen molar-refractivity contribution in [3.05, 3.63) is 63.4 Å². The minimum absolute atomic E-state index is 0.0137. The number of nitrogens with one attached hydrogen (secondary N) is 1. The molecule has 0 bridgehead atoms. The number of hydrogen-bond acceptors (Lipinski definition) is 4. The van der Waals surface area contributed by atoms with Gasteiger partial charge >= 0.3 is 0 Å². The Bertz CT molecular complexity index is 1050. The maximum atomic E-state index is 12.7. The van der Waals surface area contributed by atoms with Crippen molar-refractivity contribution < 1.29 is 14.4 Å². The third-order valence-electron chi connectivity index (χ3n) is 7.06. The number of amides is 3. The van der Waals surface area contributed by atoms with Gasteiger partial charge in [0.25, 0.3) is 5.91 Å². The third-order valence-corrected chi connectivity index (χ3v) is 7.76. The van der Waals surface area contributed by atoms with Gasteiger partial charge in [0.15, 0.2) is 0 Å². The Hall–Kier alpha value is -2.93. The SMILES string of the molecule is Cc1ccc(C(=O)NCC(=O)N2CCC3(CCN(C(=O)/C=C/c4ccsc4)CC3)C2)cc1C. The molecule has 1 aromatic heterocycles. The summed E-state index contributed by atoms with van der Waals surface area (Å²) >= 11 is 1.62. The summed E-state index contributed by atoms with van der Waals surface area (Å²) in [5.74, 6) is -0.208. The van der Waals surface area contributed by atoms with Crippen molar-refractivity contribution in [1.82, 2.24) is 15.1 Å². The van der Waals surface area contributed by atoms with Crippen molar-refractivity contribution in [3.8, 4) is 0 Å². The molecular formula is C26H31N3O3S. The molecule has 0 saturated carbocycles. The van der Waals surface area contributed by atoms with E-state index in [2.05, 4.69) is 5.32 Å². The first-order valence-corrected chi connectivity index (χ1v) is 12.4. The van der Waals surface area contributed by atoms with Gasteiger partial charge in [0.05, 0.1) is 6.54 Å². The zero-order valence-electron chi connectivity index (χ0n) is 19.3. The first-order valence-electron chi connectivity index (χ1n) is 11.5. The Balaban J connectivity index is 1.24. The van der Waals surface area contributed by atoms with Gasteiger partial charge < -0.3 is 15.1 Å². The Kier molecular flexibility index (Phi) is 6.98. The van der Waals surface area contributed by atoms with Gasteiger partial charge in [-0.3, -0.25) is 14.4 Å². The molecule has 3 heterocycles. The lowest BCUT2D eigenvalue weighted by Crippen LogP contribution is -2.45. The zero-order chi connectivity index (χ0) is 23.4. The molecule has 174 valence electrons. The molecule has 2 aliphatic rings. The summed E-state index contributed by atoms with van der Waals surface area (Å²) in [4.78, 5) is 41.5. The van der Waals surface area contributed by atoms with Crippen molar-refractivity contribution in [2.24, 2.45) is 5.41 Å². The lowest BCUT2D eigenvalue weighted by molar-refractivity contribution is -0.131. The molecule has 0 unspecified atom stereocenters. The maximum Gasteiger partial charge on any atom is 0.251 e. The van der Waals surface area contributed by atoms with Crippen LogP contribution < -0.4 is 5.32 Å². The van der Waals surface area contributed by atoms with Crippen LogP contribution in [0.5, 0.6) is 0 Å². The van der Waals surface area contributed by atoms with Crippen LogP contribution in [0.2, 0.25) is 0 Å². The molecule has 33 heavy (non-hydrogen) atoms. The monoisotopic (exact) mass is 465 g/mol. The van der Waals surface area contributed by atoms with Crippen molar-refractivity contribution >= 4 is 35.1 Å². The van der Waals surface area contributed by atoms with Crippen LogP contribution in [-0.4, -0.2) is 60.2 Å². The molecule has 7 heteroatoms. The predicted molar refractivity (Wildman–Crippen MR) is 131 cm³/mol. The lowest BCUT2D eigenvalue weighted by atomic mass is 9.78. The number of aryl methyl sites for hydroxylation is 2. The summed E-state index contributed by atoms with van der Waals surface area (Å²) < 4.78 is 0. The van der Waals surface area contributed by atoms with Crippen molar-refractivity contribution in [1.29, 1.82) is 0 Å². The summed E-state index contributed by atoms with van der Waals surface area (Å²) in [6.45, 7) is 6.85. The molecule has 0 atom stereocenters. The summed E-state index contributed by atoms with van der Waals surface area (Å²) in [6.07, 6.45) is 6.29. The van der Waals surface area contributed by atoms with Gasteiger partial charge in [-0.2, -0.15) is 11.3 Å². The van der Waals surface area contributed by atoms with Crippen LogP contribution in [0, 0.1) is 19.3 Å². The number of likely N-dealkylation sites (tertiary alicyclic amines) is 2. The molecule has 1 N–H and O–H groups in total. The van der Waals surface area contributed by atoms with E-state index in [1.54, 1.807) is 23.5 Å². The quantitative estimate of drug-likeness (QED) is 0.686. The summed E-state index contributed by atoms with van der Waals surface area (Å²) in [5.41, 5.74) is 3.91. The van der Waals surface area contributed by atoms with Gasteiger partial charge in [-0.15, -0.1) is 0 Å². The first-order chi connectivity index (χ1) is 15.8. The minimum atomic E-state index is -0.220. The largest absolute Gasteiger partial charge is 0.343 e. The maximum absolute atomic E-state index is 12.7. The highest BCUT2D eigenvalue weighted by Crippen LogP contribution is 2.40. The molecule has 2 aliphatic heterocycles. The van der Waals surface area contributed by atoms with Gasteiger partial charge in [-0.05, 0) is 90.3 Å². The minimum Gasteiger partial charge on any atom is -0.343 e. The Labute approximate surface area is 199 Å². The molecule has 3 amide bonds. The van der Waals surface area contributed by atoms with Gasteiger partial charge in [0, 0.05) is 37.8 Å². The Morgan fingerprint density at radius 3 is 2.42 bits per heavy atom. The average molecular weight is 466 g/mol. The van der Waals surface area contributed by atoms with Crippen molar-refractivity contribution in [2.45, 2.75) is 33.1 Å². The molecule has 0 radical (unpaired) electrons. The molecule has 6 nitrogen and oxygen atoms in total. The third kappa shape index (κ3) is 5.53. The zero-order valence-corrected chi connectivity index (χ0v) is 20.1. The van der Waals surface area contributed by atoms with Crippen molar-refractivity contribution in [2.75, 3.05) is 32.7 Å². The number of carbonyl (C=O) groups excluding carboxylic acids is 3. The summed E-state index contributed by atoms with van der Waals surface area (Å²) in [6, 6.07) is 7.56. The Morgan fingerprint density at radius 1 is 1.03 bits per heavy atom. The number of rotatable bonds is 5. The normalized spacial score (nSPS) is 17.6. The standard InChI is InChI=1S/C26H31N3O3S/c1-19-3-5-22(15-20(19)2)25(32)27-16-24(31)29-13-10-26(18-29)8-11-28(12-9-26)23(30)6-4-21-7-14-33-17-21/h3-7,14-15,17H,8-13,16,18H2,1-2H3,(H,27,32)/b6-4+. The highest BCUT2D eigenvalue weighted by atomic mass is 32.1. The van der Waals surface area contributed by atoms with E-state index < -0.39 is 0 Å². The van der Waals surface area contributed by atoms with E-state index in [0.717, 1.165) is 49.0 Å². The lowest BCUT2D eigenvalue weighted by Gasteiger charge is -2.39. The van der Waals surface area contributed by atoms with E-state index in [4.69, 9.17) is 0 Å². The number of nitrogens with zero attached hydrogens (tertiary/aromatic N) is 2. The fraction of sp³-hybridized carbons (Fsp3) is 0.423. The molecular weight excluding hydrogens is 434 g/mol. The molecule has 2 saturated heterocycles. The highest BCUT2D eigenvalue weighted by molar-refractivity contribution is 7.08.